The monoisotopic (exact) mass is 633 g/mol. The Kier molecular flexibility index (Phi) is 7.94. The number of nitrogens with zero attached hydrogens (tertiary/aromatic N) is 3. The Morgan fingerprint density at radius 3 is 2.49 bits per heavy atom. The van der Waals surface area contributed by atoms with E-state index in [9.17, 15) is 9.59 Å². The summed E-state index contributed by atoms with van der Waals surface area (Å²) in [6, 6.07) is 13.4. The van der Waals surface area contributed by atoms with Crippen molar-refractivity contribution in [1.29, 1.82) is 0 Å². The summed E-state index contributed by atoms with van der Waals surface area (Å²) in [7, 11) is 1.59. The molecule has 2 aromatic carbocycles. The first-order valence-electron chi connectivity index (χ1n) is 13.3. The highest BCUT2D eigenvalue weighted by atomic mass is 79.9. The number of benzene rings is 2. The Labute approximate surface area is 251 Å². The summed E-state index contributed by atoms with van der Waals surface area (Å²) in [6.07, 6.45) is 1.92. The number of allylic oxidation sites excluding steroid dienone is 1. The van der Waals surface area contributed by atoms with Crippen LogP contribution >= 0.6 is 27.3 Å². The molecule has 0 aliphatic carbocycles. The Morgan fingerprint density at radius 2 is 1.83 bits per heavy atom. The molecule has 9 heteroatoms. The Morgan fingerprint density at radius 1 is 1.07 bits per heavy atom. The molecule has 0 unspecified atom stereocenters. The summed E-state index contributed by atoms with van der Waals surface area (Å²) in [5, 5.41) is 0. The van der Waals surface area contributed by atoms with Gasteiger partial charge in [-0.15, -0.1) is 0 Å². The van der Waals surface area contributed by atoms with Crippen molar-refractivity contribution in [3.8, 4) is 11.4 Å². The van der Waals surface area contributed by atoms with E-state index in [0.717, 1.165) is 32.7 Å². The van der Waals surface area contributed by atoms with E-state index in [2.05, 4.69) is 72.5 Å². The molecule has 0 spiro atoms. The van der Waals surface area contributed by atoms with Crippen molar-refractivity contribution < 1.29 is 14.3 Å². The van der Waals surface area contributed by atoms with Gasteiger partial charge in [0.15, 0.2) is 4.80 Å². The largest absolute Gasteiger partial charge is 0.496 e. The van der Waals surface area contributed by atoms with Crippen molar-refractivity contribution in [3.63, 3.8) is 0 Å². The van der Waals surface area contributed by atoms with Crippen molar-refractivity contribution in [2.24, 2.45) is 4.99 Å². The van der Waals surface area contributed by atoms with Crippen LogP contribution in [0.4, 0.5) is 0 Å². The first-order valence-corrected chi connectivity index (χ1v) is 15.0. The third kappa shape index (κ3) is 5.13. The van der Waals surface area contributed by atoms with Crippen molar-refractivity contribution in [2.45, 2.75) is 47.6 Å². The van der Waals surface area contributed by atoms with Gasteiger partial charge in [0.05, 0.1) is 40.0 Å². The number of aromatic nitrogens is 2. The van der Waals surface area contributed by atoms with Gasteiger partial charge in [-0.2, -0.15) is 0 Å². The molecule has 1 aliphatic rings. The first-order chi connectivity index (χ1) is 19.5. The Bertz CT molecular complexity index is 1910. The number of aryl methyl sites for hydroxylation is 3. The number of hydrogen-bond acceptors (Lipinski definition) is 6. The maximum absolute atomic E-state index is 14.1. The lowest BCUT2D eigenvalue weighted by atomic mass is 9.96. The van der Waals surface area contributed by atoms with Gasteiger partial charge in [-0.3, -0.25) is 9.36 Å². The molecule has 3 heterocycles. The van der Waals surface area contributed by atoms with Gasteiger partial charge < -0.3 is 14.0 Å². The normalized spacial score (nSPS) is 15.1. The Balaban J connectivity index is 1.70. The van der Waals surface area contributed by atoms with Crippen LogP contribution < -0.4 is 19.6 Å². The fourth-order valence-electron chi connectivity index (χ4n) is 5.30. The molecule has 0 saturated heterocycles. The third-order valence-electron chi connectivity index (χ3n) is 7.51. The summed E-state index contributed by atoms with van der Waals surface area (Å²) >= 11 is 4.87. The average Bonchev–Trinajstić information content (AvgIpc) is 3.38. The van der Waals surface area contributed by atoms with Crippen LogP contribution in [0.5, 0.6) is 5.75 Å². The standard InChI is InChI=1S/C32H32BrN3O4S/c1-8-40-31(38)28-20(5)34-32-36(29(28)22-10-12-26(39-7)25(33)15-22)30(37)27(41-32)16-23-14-19(4)35(21(23)6)24-11-9-17(2)18(3)13-24/h9-16,29H,8H2,1-7H3/b27-16+/t29-/m1/s1. The van der Waals surface area contributed by atoms with Crippen molar-refractivity contribution in [3.05, 3.63) is 112 Å². The number of methoxy groups -OCH3 is 1. The lowest BCUT2D eigenvalue weighted by Gasteiger charge is -2.25. The van der Waals surface area contributed by atoms with Gasteiger partial charge in [0, 0.05) is 17.1 Å². The van der Waals surface area contributed by atoms with Crippen molar-refractivity contribution in [1.82, 2.24) is 9.13 Å². The van der Waals surface area contributed by atoms with Crippen LogP contribution in [0.25, 0.3) is 11.8 Å². The molecule has 212 valence electrons. The molecule has 0 saturated carbocycles. The summed E-state index contributed by atoms with van der Waals surface area (Å²) < 4.78 is 15.9. The molecule has 2 aromatic heterocycles. The maximum Gasteiger partial charge on any atom is 0.338 e. The lowest BCUT2D eigenvalue weighted by Crippen LogP contribution is -2.40. The number of carbonyl (C=O) groups excluding carboxylic acids is 1. The highest BCUT2D eigenvalue weighted by Crippen LogP contribution is 2.35. The number of thiazole rings is 1. The molecule has 1 aliphatic heterocycles. The van der Waals surface area contributed by atoms with E-state index in [1.54, 1.807) is 25.5 Å². The minimum absolute atomic E-state index is 0.212. The molecule has 0 bridgehead atoms. The molecule has 0 fully saturated rings. The Hall–Kier alpha value is -3.69. The van der Waals surface area contributed by atoms with Crippen LogP contribution in [0.1, 0.15) is 53.5 Å². The molecule has 0 N–H and O–H groups in total. The van der Waals surface area contributed by atoms with Gasteiger partial charge in [-0.05, 0) is 116 Å². The van der Waals surface area contributed by atoms with Crippen molar-refractivity contribution >= 4 is 39.3 Å². The topological polar surface area (TPSA) is 74.8 Å². The fourth-order valence-corrected chi connectivity index (χ4v) is 6.89. The highest BCUT2D eigenvalue weighted by Gasteiger charge is 2.33. The van der Waals surface area contributed by atoms with Gasteiger partial charge in [-0.25, -0.2) is 9.79 Å². The summed E-state index contributed by atoms with van der Waals surface area (Å²) in [6.45, 7) is 12.1. The van der Waals surface area contributed by atoms with Crippen LogP contribution in [0.2, 0.25) is 0 Å². The van der Waals surface area contributed by atoms with Gasteiger partial charge in [0.1, 0.15) is 5.75 Å². The number of fused-ring (bicyclic) bond motifs is 1. The second-order valence-corrected chi connectivity index (χ2v) is 12.0. The molecule has 0 amide bonds. The maximum atomic E-state index is 14.1. The minimum atomic E-state index is -0.697. The molecule has 4 aromatic rings. The molecule has 5 rings (SSSR count). The summed E-state index contributed by atoms with van der Waals surface area (Å²) in [4.78, 5) is 32.5. The second-order valence-electron chi connectivity index (χ2n) is 10.1. The van der Waals surface area contributed by atoms with Gasteiger partial charge in [0.25, 0.3) is 5.56 Å². The number of carbonyl (C=O) groups is 1. The zero-order valence-corrected chi connectivity index (χ0v) is 26.6. The molecule has 0 radical (unpaired) electrons. The van der Waals surface area contributed by atoms with Gasteiger partial charge >= 0.3 is 5.97 Å². The van der Waals surface area contributed by atoms with E-state index in [1.165, 1.54) is 22.5 Å². The van der Waals surface area contributed by atoms with Gasteiger partial charge in [-0.1, -0.05) is 23.5 Å². The van der Waals surface area contributed by atoms with E-state index >= 15 is 0 Å². The quantitative estimate of drug-likeness (QED) is 0.259. The number of hydrogen-bond donors (Lipinski definition) is 0. The number of halogens is 1. The fraction of sp³-hybridized carbons (Fsp3) is 0.281. The SMILES string of the molecule is CCOC(=O)C1=C(C)N=c2s/c(=C/c3cc(C)n(-c4ccc(C)c(C)c4)c3C)c(=O)n2[C@@H]1c1ccc(OC)c(Br)c1. The molecular weight excluding hydrogens is 602 g/mol. The van der Waals surface area contributed by atoms with Crippen LogP contribution in [0, 0.1) is 27.7 Å². The first kappa shape index (κ1) is 28.8. The summed E-state index contributed by atoms with van der Waals surface area (Å²) in [5.41, 5.74) is 8.03. The zero-order chi connectivity index (χ0) is 29.6. The van der Waals surface area contributed by atoms with Crippen LogP contribution in [-0.2, 0) is 9.53 Å². The molecular formula is C32H32BrN3O4S. The van der Waals surface area contributed by atoms with E-state index in [1.807, 2.05) is 24.3 Å². The van der Waals surface area contributed by atoms with Crippen LogP contribution in [0.3, 0.4) is 0 Å². The number of ether oxygens (including phenoxy) is 2. The van der Waals surface area contributed by atoms with Gasteiger partial charge in [0.2, 0.25) is 0 Å². The van der Waals surface area contributed by atoms with Crippen LogP contribution in [0.15, 0.2) is 68.0 Å². The van der Waals surface area contributed by atoms with E-state index in [0.29, 0.717) is 26.4 Å². The van der Waals surface area contributed by atoms with Crippen LogP contribution in [-0.4, -0.2) is 28.8 Å². The minimum Gasteiger partial charge on any atom is -0.496 e. The lowest BCUT2D eigenvalue weighted by molar-refractivity contribution is -0.139. The number of esters is 1. The third-order valence-corrected chi connectivity index (χ3v) is 9.12. The highest BCUT2D eigenvalue weighted by molar-refractivity contribution is 9.10. The predicted octanol–water partition coefficient (Wildman–Crippen LogP) is 5.59. The molecule has 41 heavy (non-hydrogen) atoms. The summed E-state index contributed by atoms with van der Waals surface area (Å²) in [5.74, 6) is 0.163. The van der Waals surface area contributed by atoms with E-state index in [-0.39, 0.29) is 12.2 Å². The van der Waals surface area contributed by atoms with E-state index < -0.39 is 12.0 Å². The smallest absolute Gasteiger partial charge is 0.338 e. The molecule has 7 nitrogen and oxygen atoms in total. The number of rotatable bonds is 6. The molecule has 1 atom stereocenters. The van der Waals surface area contributed by atoms with E-state index in [4.69, 9.17) is 14.5 Å². The second kappa shape index (κ2) is 11.3. The van der Waals surface area contributed by atoms with Crippen molar-refractivity contribution in [2.75, 3.05) is 13.7 Å². The zero-order valence-electron chi connectivity index (χ0n) is 24.2. The predicted molar refractivity (Wildman–Crippen MR) is 166 cm³/mol. The average molecular weight is 635 g/mol.